The van der Waals surface area contributed by atoms with E-state index in [4.69, 9.17) is 4.74 Å². The molecule has 0 radical (unpaired) electrons. The fourth-order valence-corrected chi connectivity index (χ4v) is 3.66. The van der Waals surface area contributed by atoms with E-state index in [1.165, 1.54) is 12.0 Å². The molecule has 1 aliphatic rings. The molecule has 3 rings (SSSR count). The molecule has 2 aromatic carbocycles. The van der Waals surface area contributed by atoms with Crippen LogP contribution in [-0.2, 0) is 20.9 Å². The number of amides is 1. The van der Waals surface area contributed by atoms with Crippen LogP contribution < -0.4 is 0 Å². The SMILES string of the molecule is COC(=O)c1ccc(CN2C(=O)C(O)=C(C(=O)C(C)C)C2c2ccccc2C)cc1. The van der Waals surface area contributed by atoms with Crippen molar-refractivity contribution in [2.75, 3.05) is 7.11 Å². The fourth-order valence-electron chi connectivity index (χ4n) is 3.66. The number of aliphatic hydroxyl groups excluding tert-OH is 1. The maximum Gasteiger partial charge on any atom is 0.337 e. The van der Waals surface area contributed by atoms with Crippen LogP contribution in [0.3, 0.4) is 0 Å². The lowest BCUT2D eigenvalue weighted by Crippen LogP contribution is -2.31. The number of ether oxygens (including phenoxy) is 1. The minimum absolute atomic E-state index is 0.135. The molecule has 0 aliphatic carbocycles. The molecule has 1 unspecified atom stereocenters. The van der Waals surface area contributed by atoms with Crippen molar-refractivity contribution < 1.29 is 24.2 Å². The number of hydrogen-bond donors (Lipinski definition) is 1. The predicted molar refractivity (Wildman–Crippen MR) is 112 cm³/mol. The van der Waals surface area contributed by atoms with Crippen LogP contribution in [0.15, 0.2) is 59.9 Å². The summed E-state index contributed by atoms with van der Waals surface area (Å²) < 4.78 is 4.71. The van der Waals surface area contributed by atoms with Gasteiger partial charge in [0.25, 0.3) is 5.91 Å². The topological polar surface area (TPSA) is 83.9 Å². The summed E-state index contributed by atoms with van der Waals surface area (Å²) in [6.07, 6.45) is 0. The third-order valence-electron chi connectivity index (χ3n) is 5.30. The number of methoxy groups -OCH3 is 1. The van der Waals surface area contributed by atoms with Crippen molar-refractivity contribution in [2.24, 2.45) is 5.92 Å². The summed E-state index contributed by atoms with van der Waals surface area (Å²) in [4.78, 5) is 39.0. The highest BCUT2D eigenvalue weighted by Gasteiger charge is 2.44. The van der Waals surface area contributed by atoms with Gasteiger partial charge in [0.05, 0.1) is 24.3 Å². The Morgan fingerprint density at radius 3 is 2.30 bits per heavy atom. The first-order valence-electron chi connectivity index (χ1n) is 9.77. The highest BCUT2D eigenvalue weighted by Crippen LogP contribution is 2.40. The Morgan fingerprint density at radius 1 is 1.10 bits per heavy atom. The minimum atomic E-state index is -0.672. The molecule has 1 atom stereocenters. The number of Topliss-reactive ketones (excluding diaryl/α,β-unsaturated/α-hetero) is 1. The monoisotopic (exact) mass is 407 g/mol. The number of benzene rings is 2. The molecule has 1 N–H and O–H groups in total. The quantitative estimate of drug-likeness (QED) is 0.734. The molecule has 0 bridgehead atoms. The number of rotatable bonds is 6. The van der Waals surface area contributed by atoms with Gasteiger partial charge >= 0.3 is 5.97 Å². The first-order chi connectivity index (χ1) is 14.3. The van der Waals surface area contributed by atoms with Crippen molar-refractivity contribution >= 4 is 17.7 Å². The molecule has 1 amide bonds. The van der Waals surface area contributed by atoms with Crippen molar-refractivity contribution in [3.63, 3.8) is 0 Å². The van der Waals surface area contributed by atoms with Gasteiger partial charge in [-0.25, -0.2) is 4.79 Å². The van der Waals surface area contributed by atoms with E-state index < -0.39 is 23.7 Å². The van der Waals surface area contributed by atoms with Gasteiger partial charge in [0.15, 0.2) is 11.5 Å². The standard InChI is InChI=1S/C24H25NO5/c1-14(2)21(26)19-20(18-8-6-5-7-15(18)3)25(23(28)22(19)27)13-16-9-11-17(12-10-16)24(29)30-4/h5-12,14,20,27H,13H2,1-4H3. The number of esters is 1. The van der Waals surface area contributed by atoms with Gasteiger partial charge in [0, 0.05) is 12.5 Å². The Bertz CT molecular complexity index is 1020. The average Bonchev–Trinajstić information content (AvgIpc) is 2.98. The fraction of sp³-hybridized carbons (Fsp3) is 0.292. The molecule has 0 saturated carbocycles. The maximum atomic E-state index is 13.0. The molecule has 1 heterocycles. The Labute approximate surface area is 175 Å². The zero-order valence-corrected chi connectivity index (χ0v) is 17.5. The Morgan fingerprint density at radius 2 is 1.73 bits per heavy atom. The number of aliphatic hydroxyl groups is 1. The summed E-state index contributed by atoms with van der Waals surface area (Å²) in [5.74, 6) is -2.13. The van der Waals surface area contributed by atoms with Crippen LogP contribution in [0.4, 0.5) is 0 Å². The van der Waals surface area contributed by atoms with Gasteiger partial charge in [0.1, 0.15) is 0 Å². The Kier molecular flexibility index (Phi) is 6.06. The normalized spacial score (nSPS) is 16.4. The van der Waals surface area contributed by atoms with Gasteiger partial charge in [-0.2, -0.15) is 0 Å². The van der Waals surface area contributed by atoms with E-state index in [0.717, 1.165) is 16.7 Å². The van der Waals surface area contributed by atoms with Gasteiger partial charge in [-0.05, 0) is 35.7 Å². The lowest BCUT2D eigenvalue weighted by molar-refractivity contribution is -0.130. The summed E-state index contributed by atoms with van der Waals surface area (Å²) in [6.45, 7) is 5.58. The van der Waals surface area contributed by atoms with Crippen molar-refractivity contribution in [3.8, 4) is 0 Å². The third-order valence-corrected chi connectivity index (χ3v) is 5.30. The summed E-state index contributed by atoms with van der Waals surface area (Å²) >= 11 is 0. The zero-order chi connectivity index (χ0) is 22.0. The number of hydrogen-bond acceptors (Lipinski definition) is 5. The predicted octanol–water partition coefficient (Wildman–Crippen LogP) is 3.90. The average molecular weight is 407 g/mol. The van der Waals surface area contributed by atoms with Crippen LogP contribution in [0, 0.1) is 12.8 Å². The second-order valence-corrected chi connectivity index (χ2v) is 7.66. The molecule has 0 saturated heterocycles. The lowest BCUT2D eigenvalue weighted by atomic mass is 9.89. The van der Waals surface area contributed by atoms with Crippen LogP contribution in [0.1, 0.15) is 46.9 Å². The van der Waals surface area contributed by atoms with E-state index in [2.05, 4.69) is 0 Å². The van der Waals surface area contributed by atoms with E-state index in [9.17, 15) is 19.5 Å². The molecule has 30 heavy (non-hydrogen) atoms. The number of aryl methyl sites for hydroxylation is 1. The first kappa shape index (κ1) is 21.3. The number of carbonyl (C=O) groups excluding carboxylic acids is 3. The van der Waals surface area contributed by atoms with Gasteiger partial charge in [-0.1, -0.05) is 50.2 Å². The maximum absolute atomic E-state index is 13.0. The smallest absolute Gasteiger partial charge is 0.337 e. The van der Waals surface area contributed by atoms with Crippen LogP contribution in [0.2, 0.25) is 0 Å². The largest absolute Gasteiger partial charge is 0.503 e. The molecule has 0 fully saturated rings. The summed E-state index contributed by atoms with van der Waals surface area (Å²) in [5, 5.41) is 10.6. The molecule has 2 aromatic rings. The van der Waals surface area contributed by atoms with E-state index in [1.807, 2.05) is 31.2 Å². The van der Waals surface area contributed by atoms with Crippen molar-refractivity contribution in [1.29, 1.82) is 0 Å². The Hall–Kier alpha value is -3.41. The zero-order valence-electron chi connectivity index (χ0n) is 17.5. The summed E-state index contributed by atoms with van der Waals surface area (Å²) in [5.41, 5.74) is 3.02. The molecule has 0 aromatic heterocycles. The highest BCUT2D eigenvalue weighted by atomic mass is 16.5. The highest BCUT2D eigenvalue weighted by molar-refractivity contribution is 6.09. The van der Waals surface area contributed by atoms with E-state index in [-0.39, 0.29) is 23.8 Å². The van der Waals surface area contributed by atoms with E-state index >= 15 is 0 Å². The lowest BCUT2D eigenvalue weighted by Gasteiger charge is -2.28. The molecule has 1 aliphatic heterocycles. The molecular weight excluding hydrogens is 382 g/mol. The second-order valence-electron chi connectivity index (χ2n) is 7.66. The Balaban J connectivity index is 2.02. The first-order valence-corrected chi connectivity index (χ1v) is 9.77. The van der Waals surface area contributed by atoms with Gasteiger partial charge in [-0.3, -0.25) is 9.59 Å². The van der Waals surface area contributed by atoms with Gasteiger partial charge in [-0.15, -0.1) is 0 Å². The molecule has 6 nitrogen and oxygen atoms in total. The summed E-state index contributed by atoms with van der Waals surface area (Å²) in [7, 11) is 1.31. The van der Waals surface area contributed by atoms with Crippen LogP contribution in [-0.4, -0.2) is 34.8 Å². The van der Waals surface area contributed by atoms with Crippen molar-refractivity contribution in [3.05, 3.63) is 82.1 Å². The second kappa shape index (κ2) is 8.53. The van der Waals surface area contributed by atoms with Crippen LogP contribution >= 0.6 is 0 Å². The van der Waals surface area contributed by atoms with E-state index in [0.29, 0.717) is 5.56 Å². The number of carbonyl (C=O) groups is 3. The van der Waals surface area contributed by atoms with Crippen LogP contribution in [0.5, 0.6) is 0 Å². The molecule has 0 spiro atoms. The summed E-state index contributed by atoms with van der Waals surface area (Å²) in [6, 6.07) is 13.6. The minimum Gasteiger partial charge on any atom is -0.503 e. The van der Waals surface area contributed by atoms with Gasteiger partial charge < -0.3 is 14.7 Å². The number of nitrogens with zero attached hydrogens (tertiary/aromatic N) is 1. The van der Waals surface area contributed by atoms with Crippen molar-refractivity contribution in [1.82, 2.24) is 4.90 Å². The molecule has 156 valence electrons. The van der Waals surface area contributed by atoms with Crippen molar-refractivity contribution in [2.45, 2.75) is 33.4 Å². The third kappa shape index (κ3) is 3.85. The molecular formula is C24H25NO5. The number of ketones is 1. The van der Waals surface area contributed by atoms with Gasteiger partial charge in [0.2, 0.25) is 0 Å². The van der Waals surface area contributed by atoms with Crippen LogP contribution in [0.25, 0.3) is 0 Å². The van der Waals surface area contributed by atoms with E-state index in [1.54, 1.807) is 38.1 Å². The molecule has 6 heteroatoms.